The quantitative estimate of drug-likeness (QED) is 0.580. The maximum atomic E-state index is 9.79. The Balaban J connectivity index is 2.06. The van der Waals surface area contributed by atoms with Crippen LogP contribution in [0.4, 0.5) is 5.69 Å². The van der Waals surface area contributed by atoms with E-state index in [4.69, 9.17) is 4.74 Å². The van der Waals surface area contributed by atoms with Crippen LogP contribution in [0, 0.1) is 0 Å². The number of para-hydroxylation sites is 1. The predicted octanol–water partition coefficient (Wildman–Crippen LogP) is -0.0740. The highest BCUT2D eigenvalue weighted by Gasteiger charge is 2.41. The molecule has 1 aliphatic heterocycles. The van der Waals surface area contributed by atoms with E-state index in [0.717, 1.165) is 5.69 Å². The van der Waals surface area contributed by atoms with Gasteiger partial charge in [-0.15, -0.1) is 0 Å². The van der Waals surface area contributed by atoms with Gasteiger partial charge in [0.2, 0.25) is 0 Å². The van der Waals surface area contributed by atoms with Gasteiger partial charge in [-0.05, 0) is 19.1 Å². The van der Waals surface area contributed by atoms with E-state index in [2.05, 4.69) is 5.32 Å². The molecule has 1 fully saturated rings. The molecule has 0 amide bonds. The summed E-state index contributed by atoms with van der Waals surface area (Å²) in [6.45, 7) is 1.65. The molecule has 1 unspecified atom stereocenters. The molecular weight excluding hydrogens is 222 g/mol. The van der Waals surface area contributed by atoms with Crippen LogP contribution < -0.4 is 5.32 Å². The van der Waals surface area contributed by atoms with Gasteiger partial charge in [0.05, 0.1) is 6.10 Å². The van der Waals surface area contributed by atoms with Gasteiger partial charge in [0.1, 0.15) is 18.3 Å². The number of aliphatic hydroxyl groups excluding tert-OH is 3. The Kier molecular flexibility index (Phi) is 3.63. The third-order valence-corrected chi connectivity index (χ3v) is 2.93. The molecule has 5 heteroatoms. The summed E-state index contributed by atoms with van der Waals surface area (Å²) in [5.41, 5.74) is 0.785. The first kappa shape index (κ1) is 12.3. The highest BCUT2D eigenvalue weighted by atomic mass is 16.5. The molecule has 1 saturated heterocycles. The predicted molar refractivity (Wildman–Crippen MR) is 62.4 cm³/mol. The van der Waals surface area contributed by atoms with Crippen LogP contribution in [-0.2, 0) is 4.74 Å². The second kappa shape index (κ2) is 5.01. The zero-order chi connectivity index (χ0) is 12.4. The lowest BCUT2D eigenvalue weighted by Crippen LogP contribution is -2.58. The van der Waals surface area contributed by atoms with Crippen molar-refractivity contribution >= 4 is 5.69 Å². The van der Waals surface area contributed by atoms with Gasteiger partial charge in [-0.1, -0.05) is 18.2 Å². The molecule has 0 radical (unpaired) electrons. The van der Waals surface area contributed by atoms with Crippen molar-refractivity contribution in [2.75, 3.05) is 5.32 Å². The summed E-state index contributed by atoms with van der Waals surface area (Å²) >= 11 is 0. The zero-order valence-corrected chi connectivity index (χ0v) is 9.52. The highest BCUT2D eigenvalue weighted by Crippen LogP contribution is 2.22. The zero-order valence-electron chi connectivity index (χ0n) is 9.52. The lowest BCUT2D eigenvalue weighted by atomic mass is 9.99. The number of nitrogens with one attached hydrogen (secondary N) is 1. The summed E-state index contributed by atoms with van der Waals surface area (Å²) in [4.78, 5) is 0. The monoisotopic (exact) mass is 239 g/mol. The summed E-state index contributed by atoms with van der Waals surface area (Å²) in [6, 6.07) is 9.25. The Morgan fingerprint density at radius 2 is 1.65 bits per heavy atom. The van der Waals surface area contributed by atoms with Crippen LogP contribution in [-0.4, -0.2) is 46.0 Å². The largest absolute Gasteiger partial charge is 0.388 e. The normalized spacial score (nSPS) is 37.8. The van der Waals surface area contributed by atoms with Gasteiger partial charge in [-0.3, -0.25) is 0 Å². The van der Waals surface area contributed by atoms with E-state index >= 15 is 0 Å². The molecule has 0 aromatic heterocycles. The molecule has 17 heavy (non-hydrogen) atoms. The Hall–Kier alpha value is -1.14. The molecular formula is C12H17NO4. The molecule has 5 atom stereocenters. The van der Waals surface area contributed by atoms with Gasteiger partial charge in [0.25, 0.3) is 0 Å². The van der Waals surface area contributed by atoms with Gasteiger partial charge < -0.3 is 25.4 Å². The van der Waals surface area contributed by atoms with E-state index in [1.165, 1.54) is 0 Å². The van der Waals surface area contributed by atoms with Gasteiger partial charge in [-0.25, -0.2) is 0 Å². The molecule has 4 N–H and O–H groups in total. The lowest BCUT2D eigenvalue weighted by Gasteiger charge is -2.39. The minimum absolute atomic E-state index is 0.533. The fourth-order valence-electron chi connectivity index (χ4n) is 1.87. The molecule has 0 aliphatic carbocycles. The maximum Gasteiger partial charge on any atom is 0.157 e. The van der Waals surface area contributed by atoms with Crippen LogP contribution in [0.3, 0.4) is 0 Å². The van der Waals surface area contributed by atoms with Crippen molar-refractivity contribution in [3.63, 3.8) is 0 Å². The highest BCUT2D eigenvalue weighted by molar-refractivity contribution is 5.43. The number of benzene rings is 1. The molecule has 94 valence electrons. The van der Waals surface area contributed by atoms with Crippen LogP contribution in [0.2, 0.25) is 0 Å². The van der Waals surface area contributed by atoms with Crippen molar-refractivity contribution in [2.45, 2.75) is 37.6 Å². The Bertz CT molecular complexity index is 359. The van der Waals surface area contributed by atoms with Crippen molar-refractivity contribution in [1.82, 2.24) is 0 Å². The van der Waals surface area contributed by atoms with Gasteiger partial charge in [-0.2, -0.15) is 0 Å². The first-order valence-corrected chi connectivity index (χ1v) is 5.61. The third kappa shape index (κ3) is 2.58. The third-order valence-electron chi connectivity index (χ3n) is 2.93. The second-order valence-corrected chi connectivity index (χ2v) is 4.24. The summed E-state index contributed by atoms with van der Waals surface area (Å²) in [7, 11) is 0. The Morgan fingerprint density at radius 1 is 1.00 bits per heavy atom. The molecule has 0 saturated carbocycles. The molecule has 1 aliphatic rings. The summed E-state index contributed by atoms with van der Waals surface area (Å²) < 4.78 is 5.41. The summed E-state index contributed by atoms with van der Waals surface area (Å²) in [6.07, 6.45) is -4.71. The smallest absolute Gasteiger partial charge is 0.157 e. The fraction of sp³-hybridized carbons (Fsp3) is 0.500. The first-order chi connectivity index (χ1) is 8.09. The lowest BCUT2D eigenvalue weighted by molar-refractivity contribution is -0.209. The number of aliphatic hydroxyl groups is 3. The van der Waals surface area contributed by atoms with E-state index in [1.807, 2.05) is 30.3 Å². The van der Waals surface area contributed by atoms with Crippen molar-refractivity contribution in [3.05, 3.63) is 30.3 Å². The van der Waals surface area contributed by atoms with Gasteiger partial charge >= 0.3 is 0 Å². The van der Waals surface area contributed by atoms with E-state index in [-0.39, 0.29) is 0 Å². The van der Waals surface area contributed by atoms with Crippen LogP contribution in [0.5, 0.6) is 0 Å². The van der Waals surface area contributed by atoms with Crippen LogP contribution in [0.15, 0.2) is 30.3 Å². The van der Waals surface area contributed by atoms with Gasteiger partial charge in [0.15, 0.2) is 6.23 Å². The number of hydrogen-bond acceptors (Lipinski definition) is 5. The molecule has 1 heterocycles. The first-order valence-electron chi connectivity index (χ1n) is 5.61. The average Bonchev–Trinajstić information content (AvgIpc) is 2.35. The number of rotatable bonds is 2. The molecule has 5 nitrogen and oxygen atoms in total. The average molecular weight is 239 g/mol. The van der Waals surface area contributed by atoms with Crippen molar-refractivity contribution in [3.8, 4) is 0 Å². The topological polar surface area (TPSA) is 82.0 Å². The summed E-state index contributed by atoms with van der Waals surface area (Å²) in [5.74, 6) is 0. The Labute approximate surface area is 99.7 Å². The molecule has 2 rings (SSSR count). The molecule has 1 aromatic rings. The van der Waals surface area contributed by atoms with E-state index < -0.39 is 30.6 Å². The van der Waals surface area contributed by atoms with Crippen LogP contribution in [0.25, 0.3) is 0 Å². The minimum Gasteiger partial charge on any atom is -0.388 e. The van der Waals surface area contributed by atoms with Crippen LogP contribution >= 0.6 is 0 Å². The molecule has 1 aromatic carbocycles. The number of ether oxygens (including phenoxy) is 1. The SMILES string of the molecule is C[C@@H]1OC(Nc2ccccc2)[C@H](O)[C@H](O)[C@H]1O. The molecule has 0 bridgehead atoms. The standard InChI is InChI=1S/C12H17NO4/c1-7-9(14)10(15)11(16)12(17-7)13-8-5-3-2-4-6-8/h2-7,9-16H,1H3/t7-,9-,10+,11+,12?/m0/s1. The Morgan fingerprint density at radius 3 is 2.29 bits per heavy atom. The second-order valence-electron chi connectivity index (χ2n) is 4.24. The van der Waals surface area contributed by atoms with Crippen LogP contribution in [0.1, 0.15) is 6.92 Å². The van der Waals surface area contributed by atoms with E-state index in [0.29, 0.717) is 0 Å². The fourth-order valence-corrected chi connectivity index (χ4v) is 1.87. The van der Waals surface area contributed by atoms with Crippen molar-refractivity contribution in [2.24, 2.45) is 0 Å². The molecule has 0 spiro atoms. The minimum atomic E-state index is -1.21. The van der Waals surface area contributed by atoms with Crippen molar-refractivity contribution < 1.29 is 20.1 Å². The van der Waals surface area contributed by atoms with E-state index in [1.54, 1.807) is 6.92 Å². The van der Waals surface area contributed by atoms with Gasteiger partial charge in [0, 0.05) is 5.69 Å². The number of hydrogen-bond donors (Lipinski definition) is 4. The summed E-state index contributed by atoms with van der Waals surface area (Å²) in [5, 5.41) is 31.9. The van der Waals surface area contributed by atoms with Crippen molar-refractivity contribution in [1.29, 1.82) is 0 Å². The maximum absolute atomic E-state index is 9.79. The van der Waals surface area contributed by atoms with E-state index in [9.17, 15) is 15.3 Å². The number of anilines is 1.